The summed E-state index contributed by atoms with van der Waals surface area (Å²) in [7, 11) is 0. The smallest absolute Gasteiger partial charge is 0.328 e. The summed E-state index contributed by atoms with van der Waals surface area (Å²) in [5, 5.41) is 13.2. The number of hydrogen-bond acceptors (Lipinski definition) is 3. The van der Waals surface area contributed by atoms with Gasteiger partial charge in [0.05, 0.1) is 17.4 Å². The molecule has 110 valence electrons. The molecule has 0 aliphatic carbocycles. The Morgan fingerprint density at radius 3 is 3.00 bits per heavy atom. The second-order valence-electron chi connectivity index (χ2n) is 4.40. The maximum Gasteiger partial charge on any atom is 0.328 e. The Bertz CT molecular complexity index is 665. The lowest BCUT2D eigenvalue weighted by atomic mass is 10.2. The summed E-state index contributed by atoms with van der Waals surface area (Å²) in [6.45, 7) is 2.90. The molecule has 0 unspecified atom stereocenters. The maximum atomic E-state index is 10.5. The van der Waals surface area contributed by atoms with Crippen molar-refractivity contribution < 1.29 is 14.6 Å². The zero-order valence-corrected chi connectivity index (χ0v) is 12.2. The van der Waals surface area contributed by atoms with Crippen molar-refractivity contribution in [1.82, 2.24) is 9.78 Å². The third-order valence-electron chi connectivity index (χ3n) is 2.66. The standard InChI is InChI=1S/C15H15ClN2O3/c1-2-7-18-10-12(9-17-18)21-14-5-3-11(8-13(14)16)4-6-15(19)20/h3-6,8-10H,2,7H2,1H3,(H,19,20)/b6-4+. The van der Waals surface area contributed by atoms with Gasteiger partial charge in [0.2, 0.25) is 0 Å². The highest BCUT2D eigenvalue weighted by molar-refractivity contribution is 6.32. The molecule has 0 bridgehead atoms. The lowest BCUT2D eigenvalue weighted by Crippen LogP contribution is -1.95. The molecule has 6 heteroatoms. The van der Waals surface area contributed by atoms with Gasteiger partial charge in [-0.2, -0.15) is 5.10 Å². The number of rotatable bonds is 6. The van der Waals surface area contributed by atoms with Gasteiger partial charge in [-0.3, -0.25) is 4.68 Å². The quantitative estimate of drug-likeness (QED) is 0.824. The molecule has 0 saturated carbocycles. The molecular formula is C15H15ClN2O3. The number of halogens is 1. The number of aryl methyl sites for hydroxylation is 1. The summed E-state index contributed by atoms with van der Waals surface area (Å²) in [4.78, 5) is 10.5. The van der Waals surface area contributed by atoms with E-state index in [1.54, 1.807) is 35.3 Å². The van der Waals surface area contributed by atoms with E-state index in [1.165, 1.54) is 6.08 Å². The van der Waals surface area contributed by atoms with Crippen molar-refractivity contribution in [2.45, 2.75) is 19.9 Å². The van der Waals surface area contributed by atoms with Crippen molar-refractivity contribution in [3.63, 3.8) is 0 Å². The molecule has 0 aliphatic rings. The highest BCUT2D eigenvalue weighted by Gasteiger charge is 2.06. The van der Waals surface area contributed by atoms with Crippen molar-refractivity contribution in [2.24, 2.45) is 0 Å². The number of carbonyl (C=O) groups is 1. The van der Waals surface area contributed by atoms with Crippen molar-refractivity contribution in [1.29, 1.82) is 0 Å². The first-order valence-electron chi connectivity index (χ1n) is 6.49. The SMILES string of the molecule is CCCn1cc(Oc2ccc(/C=C/C(=O)O)cc2Cl)cn1. The Morgan fingerprint density at radius 1 is 1.52 bits per heavy atom. The van der Waals surface area contributed by atoms with E-state index in [9.17, 15) is 4.79 Å². The van der Waals surface area contributed by atoms with Gasteiger partial charge >= 0.3 is 5.97 Å². The van der Waals surface area contributed by atoms with E-state index in [4.69, 9.17) is 21.4 Å². The fourth-order valence-corrected chi connectivity index (χ4v) is 1.97. The van der Waals surface area contributed by atoms with Crippen LogP contribution in [0.25, 0.3) is 6.08 Å². The van der Waals surface area contributed by atoms with Gasteiger partial charge in [-0.25, -0.2) is 4.79 Å². The average molecular weight is 307 g/mol. The lowest BCUT2D eigenvalue weighted by molar-refractivity contribution is -0.131. The number of aromatic nitrogens is 2. The van der Waals surface area contributed by atoms with Crippen LogP contribution in [0.2, 0.25) is 5.02 Å². The van der Waals surface area contributed by atoms with Crippen molar-refractivity contribution in [2.75, 3.05) is 0 Å². The number of hydrogen-bond donors (Lipinski definition) is 1. The Labute approximate surface area is 127 Å². The summed E-state index contributed by atoms with van der Waals surface area (Å²) in [6, 6.07) is 5.07. The van der Waals surface area contributed by atoms with Crippen LogP contribution < -0.4 is 4.74 Å². The molecule has 2 rings (SSSR count). The van der Waals surface area contributed by atoms with Gasteiger partial charge in [0.15, 0.2) is 5.75 Å². The minimum Gasteiger partial charge on any atom is -0.478 e. The Balaban J connectivity index is 2.11. The zero-order valence-electron chi connectivity index (χ0n) is 11.5. The number of benzene rings is 1. The van der Waals surface area contributed by atoms with Gasteiger partial charge < -0.3 is 9.84 Å². The molecule has 0 radical (unpaired) electrons. The molecule has 0 amide bonds. The Kier molecular flexibility index (Phi) is 5.00. The molecule has 2 aromatic rings. The average Bonchev–Trinajstić information content (AvgIpc) is 2.87. The molecule has 21 heavy (non-hydrogen) atoms. The van der Waals surface area contributed by atoms with Crippen LogP contribution >= 0.6 is 11.6 Å². The third kappa shape index (κ3) is 4.36. The van der Waals surface area contributed by atoms with E-state index in [0.29, 0.717) is 22.1 Å². The molecule has 1 N–H and O–H groups in total. The van der Waals surface area contributed by atoms with Crippen molar-refractivity contribution in [3.8, 4) is 11.5 Å². The van der Waals surface area contributed by atoms with Crippen LogP contribution in [0.4, 0.5) is 0 Å². The maximum absolute atomic E-state index is 10.5. The largest absolute Gasteiger partial charge is 0.478 e. The Morgan fingerprint density at radius 2 is 2.33 bits per heavy atom. The highest BCUT2D eigenvalue weighted by Crippen LogP contribution is 2.30. The van der Waals surface area contributed by atoms with Gasteiger partial charge in [-0.15, -0.1) is 0 Å². The molecule has 1 aromatic carbocycles. The van der Waals surface area contributed by atoms with Gasteiger partial charge in [-0.1, -0.05) is 24.6 Å². The topological polar surface area (TPSA) is 64.3 Å². The van der Waals surface area contributed by atoms with E-state index in [2.05, 4.69) is 12.0 Å². The van der Waals surface area contributed by atoms with Gasteiger partial charge in [-0.05, 0) is 30.2 Å². The lowest BCUT2D eigenvalue weighted by Gasteiger charge is -2.05. The van der Waals surface area contributed by atoms with E-state index < -0.39 is 5.97 Å². The van der Waals surface area contributed by atoms with E-state index in [0.717, 1.165) is 19.0 Å². The molecule has 0 spiro atoms. The highest BCUT2D eigenvalue weighted by atomic mass is 35.5. The van der Waals surface area contributed by atoms with Crippen LogP contribution in [0.5, 0.6) is 11.5 Å². The number of carboxylic acids is 1. The predicted octanol–water partition coefficient (Wildman–Crippen LogP) is 3.84. The van der Waals surface area contributed by atoms with Gasteiger partial charge in [0.1, 0.15) is 5.75 Å². The molecule has 0 fully saturated rings. The summed E-state index contributed by atoms with van der Waals surface area (Å²) in [5.41, 5.74) is 0.691. The number of carboxylic acid groups (broad SMARTS) is 1. The fraction of sp³-hybridized carbons (Fsp3) is 0.200. The number of ether oxygens (including phenoxy) is 1. The molecule has 5 nitrogen and oxygen atoms in total. The van der Waals surface area contributed by atoms with E-state index >= 15 is 0 Å². The monoisotopic (exact) mass is 306 g/mol. The van der Waals surface area contributed by atoms with Crippen LogP contribution in [-0.4, -0.2) is 20.9 Å². The molecule has 0 atom stereocenters. The number of nitrogens with zero attached hydrogens (tertiary/aromatic N) is 2. The Hall–Kier alpha value is -2.27. The fourth-order valence-electron chi connectivity index (χ4n) is 1.75. The molecule has 0 aliphatic heterocycles. The summed E-state index contributed by atoms with van der Waals surface area (Å²) < 4.78 is 7.46. The second-order valence-corrected chi connectivity index (χ2v) is 4.81. The second kappa shape index (κ2) is 6.95. The predicted molar refractivity (Wildman–Crippen MR) is 80.7 cm³/mol. The van der Waals surface area contributed by atoms with Crippen LogP contribution in [0, 0.1) is 0 Å². The van der Waals surface area contributed by atoms with Gasteiger partial charge in [0, 0.05) is 12.6 Å². The minimum atomic E-state index is -1.00. The molecule has 1 aromatic heterocycles. The van der Waals surface area contributed by atoms with E-state index in [-0.39, 0.29) is 0 Å². The van der Waals surface area contributed by atoms with Crippen LogP contribution in [0.15, 0.2) is 36.7 Å². The first kappa shape index (κ1) is 15.1. The van der Waals surface area contributed by atoms with Crippen molar-refractivity contribution >= 4 is 23.6 Å². The number of aliphatic carboxylic acids is 1. The first-order valence-corrected chi connectivity index (χ1v) is 6.87. The molecule has 1 heterocycles. The van der Waals surface area contributed by atoms with Gasteiger partial charge in [0.25, 0.3) is 0 Å². The summed E-state index contributed by atoms with van der Waals surface area (Å²) in [5.74, 6) is 0.106. The summed E-state index contributed by atoms with van der Waals surface area (Å²) in [6.07, 6.45) is 6.95. The minimum absolute atomic E-state index is 0.408. The van der Waals surface area contributed by atoms with Crippen LogP contribution in [0.1, 0.15) is 18.9 Å². The normalized spacial score (nSPS) is 11.0. The molecule has 0 saturated heterocycles. The van der Waals surface area contributed by atoms with Crippen LogP contribution in [-0.2, 0) is 11.3 Å². The van der Waals surface area contributed by atoms with Crippen LogP contribution in [0.3, 0.4) is 0 Å². The first-order chi connectivity index (χ1) is 10.1. The van der Waals surface area contributed by atoms with Crippen molar-refractivity contribution in [3.05, 3.63) is 47.3 Å². The zero-order chi connectivity index (χ0) is 15.2. The summed E-state index contributed by atoms with van der Waals surface area (Å²) >= 11 is 6.13. The molecular weight excluding hydrogens is 292 g/mol. The third-order valence-corrected chi connectivity index (χ3v) is 2.96. The van der Waals surface area contributed by atoms with E-state index in [1.807, 2.05) is 0 Å².